The number of hydrogen-bond donors (Lipinski definition) is 1. The van der Waals surface area contributed by atoms with Crippen LogP contribution in [0.5, 0.6) is 5.75 Å². The fourth-order valence-electron chi connectivity index (χ4n) is 2.76. The number of rotatable bonds is 8. The highest BCUT2D eigenvalue weighted by molar-refractivity contribution is 7.07. The molecule has 7 heteroatoms. The summed E-state index contributed by atoms with van der Waals surface area (Å²) in [5.41, 5.74) is 4.40. The van der Waals surface area contributed by atoms with Gasteiger partial charge in [-0.3, -0.25) is 9.59 Å². The number of benzene rings is 2. The van der Waals surface area contributed by atoms with Crippen LogP contribution in [-0.2, 0) is 6.61 Å². The molecule has 3 aromatic rings. The molecule has 0 fully saturated rings. The minimum Gasteiger partial charge on any atom is -0.487 e. The van der Waals surface area contributed by atoms with E-state index in [1.807, 2.05) is 19.2 Å². The van der Waals surface area contributed by atoms with Crippen LogP contribution in [-0.4, -0.2) is 34.8 Å². The fraction of sp³-hybridized carbons (Fsp3) is 0.227. The van der Waals surface area contributed by atoms with Gasteiger partial charge in [-0.25, -0.2) is 4.98 Å². The first-order valence-electron chi connectivity index (χ1n) is 9.41. The lowest BCUT2D eigenvalue weighted by atomic mass is 10.1. The van der Waals surface area contributed by atoms with Crippen molar-refractivity contribution in [3.63, 3.8) is 0 Å². The quantitative estimate of drug-likeness (QED) is 0.596. The van der Waals surface area contributed by atoms with Crippen molar-refractivity contribution in [2.75, 3.05) is 18.4 Å². The molecule has 1 N–H and O–H groups in total. The van der Waals surface area contributed by atoms with Crippen LogP contribution in [0, 0.1) is 0 Å². The number of ether oxygens (including phenoxy) is 1. The molecule has 0 aliphatic carbocycles. The maximum Gasteiger partial charge on any atom is 0.255 e. The lowest BCUT2D eigenvalue weighted by molar-refractivity contribution is 0.0773. The summed E-state index contributed by atoms with van der Waals surface area (Å²) in [7, 11) is 0. The van der Waals surface area contributed by atoms with Crippen molar-refractivity contribution < 1.29 is 14.3 Å². The van der Waals surface area contributed by atoms with E-state index in [-0.39, 0.29) is 11.8 Å². The summed E-state index contributed by atoms with van der Waals surface area (Å²) in [6, 6.07) is 13.9. The lowest BCUT2D eigenvalue weighted by Gasteiger charge is -2.18. The summed E-state index contributed by atoms with van der Waals surface area (Å²) in [5.74, 6) is 0.439. The maximum absolute atomic E-state index is 12.5. The Hall–Kier alpha value is -3.19. The van der Waals surface area contributed by atoms with Gasteiger partial charge in [-0.05, 0) is 62.4 Å². The molecule has 2 aromatic carbocycles. The van der Waals surface area contributed by atoms with Gasteiger partial charge < -0.3 is 15.0 Å². The Labute approximate surface area is 174 Å². The molecular weight excluding hydrogens is 386 g/mol. The molecule has 6 nitrogen and oxygen atoms in total. The predicted molar refractivity (Wildman–Crippen MR) is 115 cm³/mol. The Balaban J connectivity index is 1.57. The van der Waals surface area contributed by atoms with E-state index in [1.165, 1.54) is 11.3 Å². The Morgan fingerprint density at radius 1 is 1.00 bits per heavy atom. The number of aromatic nitrogens is 1. The van der Waals surface area contributed by atoms with Gasteiger partial charge in [0.1, 0.15) is 12.4 Å². The molecule has 0 aliphatic rings. The number of thiazole rings is 1. The van der Waals surface area contributed by atoms with Crippen LogP contribution in [0.2, 0.25) is 0 Å². The number of nitrogens with zero attached hydrogens (tertiary/aromatic N) is 2. The monoisotopic (exact) mass is 409 g/mol. The second-order valence-corrected chi connectivity index (χ2v) is 7.02. The Morgan fingerprint density at radius 2 is 1.66 bits per heavy atom. The van der Waals surface area contributed by atoms with E-state index in [0.29, 0.717) is 42.3 Å². The summed E-state index contributed by atoms with van der Waals surface area (Å²) >= 11 is 1.52. The van der Waals surface area contributed by atoms with Gasteiger partial charge in [-0.2, -0.15) is 0 Å². The van der Waals surface area contributed by atoms with Gasteiger partial charge in [0.25, 0.3) is 11.8 Å². The second kappa shape index (κ2) is 9.84. The van der Waals surface area contributed by atoms with E-state index >= 15 is 0 Å². The third-order valence-corrected chi connectivity index (χ3v) is 5.06. The zero-order chi connectivity index (χ0) is 20.6. The topological polar surface area (TPSA) is 71.5 Å². The highest BCUT2D eigenvalue weighted by Crippen LogP contribution is 2.17. The molecule has 1 heterocycles. The van der Waals surface area contributed by atoms with Gasteiger partial charge in [0.2, 0.25) is 0 Å². The van der Waals surface area contributed by atoms with Gasteiger partial charge in [-0.1, -0.05) is 0 Å². The molecule has 29 heavy (non-hydrogen) atoms. The van der Waals surface area contributed by atoms with Crippen molar-refractivity contribution in [1.82, 2.24) is 9.88 Å². The average Bonchev–Trinajstić information content (AvgIpc) is 3.27. The first kappa shape index (κ1) is 20.5. The van der Waals surface area contributed by atoms with E-state index in [0.717, 1.165) is 5.69 Å². The second-order valence-electron chi connectivity index (χ2n) is 6.30. The lowest BCUT2D eigenvalue weighted by Crippen LogP contribution is -2.30. The molecule has 3 rings (SSSR count). The van der Waals surface area contributed by atoms with E-state index in [9.17, 15) is 9.59 Å². The third-order valence-electron chi connectivity index (χ3n) is 4.43. The summed E-state index contributed by atoms with van der Waals surface area (Å²) in [6.45, 7) is 5.62. The van der Waals surface area contributed by atoms with Crippen molar-refractivity contribution >= 4 is 28.8 Å². The largest absolute Gasteiger partial charge is 0.487 e. The molecule has 0 unspecified atom stereocenters. The van der Waals surface area contributed by atoms with Crippen molar-refractivity contribution in [1.29, 1.82) is 0 Å². The summed E-state index contributed by atoms with van der Waals surface area (Å²) in [4.78, 5) is 30.7. The van der Waals surface area contributed by atoms with Crippen molar-refractivity contribution in [3.05, 3.63) is 76.2 Å². The molecule has 1 aromatic heterocycles. The summed E-state index contributed by atoms with van der Waals surface area (Å²) < 4.78 is 5.65. The van der Waals surface area contributed by atoms with Crippen LogP contribution in [0.1, 0.15) is 40.3 Å². The van der Waals surface area contributed by atoms with Crippen LogP contribution < -0.4 is 10.1 Å². The molecule has 0 aliphatic heterocycles. The molecule has 0 bridgehead atoms. The first-order valence-corrected chi connectivity index (χ1v) is 10.4. The SMILES string of the molecule is CCN(CC)C(=O)c1ccc(NC(=O)c2ccc(OCc3cscn3)cc2)cc1. The van der Waals surface area contributed by atoms with Gasteiger partial charge >= 0.3 is 0 Å². The zero-order valence-corrected chi connectivity index (χ0v) is 17.2. The molecule has 0 spiro atoms. The summed E-state index contributed by atoms with van der Waals surface area (Å²) in [6.07, 6.45) is 0. The standard InChI is InChI=1S/C22H23N3O3S/c1-3-25(4-2)22(27)17-5-9-18(10-6-17)24-21(26)16-7-11-20(12-8-16)28-13-19-14-29-15-23-19/h5-12,14-15H,3-4,13H2,1-2H3,(H,24,26). The van der Waals surface area contributed by atoms with Crippen LogP contribution >= 0.6 is 11.3 Å². The highest BCUT2D eigenvalue weighted by Gasteiger charge is 2.13. The summed E-state index contributed by atoms with van der Waals surface area (Å²) in [5, 5.41) is 4.78. The highest BCUT2D eigenvalue weighted by atomic mass is 32.1. The number of amides is 2. The van der Waals surface area contributed by atoms with Crippen LogP contribution in [0.25, 0.3) is 0 Å². The number of hydrogen-bond acceptors (Lipinski definition) is 5. The Bertz CT molecular complexity index is 934. The molecule has 0 atom stereocenters. The van der Waals surface area contributed by atoms with Crippen LogP contribution in [0.4, 0.5) is 5.69 Å². The van der Waals surface area contributed by atoms with Gasteiger partial charge in [0.05, 0.1) is 11.2 Å². The third kappa shape index (κ3) is 5.42. The molecule has 2 amide bonds. The molecular formula is C22H23N3O3S. The van der Waals surface area contributed by atoms with E-state index in [2.05, 4.69) is 10.3 Å². The molecule has 0 saturated carbocycles. The van der Waals surface area contributed by atoms with Gasteiger partial charge in [0.15, 0.2) is 0 Å². The minimum absolute atomic E-state index is 0.0129. The normalized spacial score (nSPS) is 10.4. The van der Waals surface area contributed by atoms with Crippen molar-refractivity contribution in [2.24, 2.45) is 0 Å². The fourth-order valence-corrected chi connectivity index (χ4v) is 3.30. The minimum atomic E-state index is -0.223. The van der Waals surface area contributed by atoms with E-state index in [1.54, 1.807) is 58.9 Å². The van der Waals surface area contributed by atoms with Crippen molar-refractivity contribution in [2.45, 2.75) is 20.5 Å². The number of carbonyl (C=O) groups is 2. The van der Waals surface area contributed by atoms with Crippen molar-refractivity contribution in [3.8, 4) is 5.75 Å². The number of anilines is 1. The van der Waals surface area contributed by atoms with E-state index in [4.69, 9.17) is 4.74 Å². The number of carbonyl (C=O) groups excluding carboxylic acids is 2. The molecule has 150 valence electrons. The Morgan fingerprint density at radius 3 is 2.24 bits per heavy atom. The van der Waals surface area contributed by atoms with Crippen LogP contribution in [0.3, 0.4) is 0 Å². The van der Waals surface area contributed by atoms with Crippen LogP contribution in [0.15, 0.2) is 59.4 Å². The zero-order valence-electron chi connectivity index (χ0n) is 16.4. The average molecular weight is 410 g/mol. The number of nitrogens with one attached hydrogen (secondary N) is 1. The molecule has 0 radical (unpaired) electrons. The smallest absolute Gasteiger partial charge is 0.255 e. The maximum atomic E-state index is 12.5. The first-order chi connectivity index (χ1) is 14.1. The van der Waals surface area contributed by atoms with E-state index < -0.39 is 0 Å². The Kier molecular flexibility index (Phi) is 6.97. The predicted octanol–water partition coefficient (Wildman–Crippen LogP) is 4.46. The van der Waals surface area contributed by atoms with Gasteiger partial charge in [-0.15, -0.1) is 11.3 Å². The molecule has 0 saturated heterocycles. The van der Waals surface area contributed by atoms with Gasteiger partial charge in [0, 0.05) is 35.3 Å².